The van der Waals surface area contributed by atoms with E-state index >= 15 is 0 Å². The van der Waals surface area contributed by atoms with Crippen LogP contribution in [0.1, 0.15) is 15.9 Å². The van der Waals surface area contributed by atoms with Gasteiger partial charge < -0.3 is 15.2 Å². The molecule has 0 amide bonds. The molecule has 0 unspecified atom stereocenters. The molecule has 0 atom stereocenters. The van der Waals surface area contributed by atoms with Crippen LogP contribution in [0.5, 0.6) is 0 Å². The fourth-order valence-electron chi connectivity index (χ4n) is 2.12. The lowest BCUT2D eigenvalue weighted by Crippen LogP contribution is -2.22. The molecule has 0 spiro atoms. The average molecular weight is 327 g/mol. The first-order chi connectivity index (χ1) is 11.0. The van der Waals surface area contributed by atoms with Crippen molar-refractivity contribution in [2.75, 3.05) is 5.32 Å². The Balaban J connectivity index is 1.83. The fourth-order valence-corrected chi connectivity index (χ4v) is 2.86. The van der Waals surface area contributed by atoms with Gasteiger partial charge in [-0.1, -0.05) is 12.1 Å². The molecule has 0 aliphatic carbocycles. The molecule has 0 fully saturated rings. The zero-order valence-electron chi connectivity index (χ0n) is 12.2. The van der Waals surface area contributed by atoms with Crippen LogP contribution in [0, 0.1) is 12.7 Å². The number of carboxylic acid groups (broad SMARTS) is 1. The van der Waals surface area contributed by atoms with Crippen LogP contribution in [0.4, 0.5) is 15.2 Å². The quantitative estimate of drug-likeness (QED) is 0.798. The molecule has 0 aliphatic rings. The Morgan fingerprint density at radius 3 is 2.83 bits per heavy atom. The van der Waals surface area contributed by atoms with E-state index in [-0.39, 0.29) is 11.4 Å². The number of nitrogens with zero attached hydrogens (tertiary/aromatic N) is 1. The summed E-state index contributed by atoms with van der Waals surface area (Å²) in [7, 11) is 0. The molecule has 6 heteroatoms. The van der Waals surface area contributed by atoms with Gasteiger partial charge in [0.15, 0.2) is 5.13 Å². The molecule has 3 aromatic rings. The Morgan fingerprint density at radius 1 is 1.26 bits per heavy atom. The van der Waals surface area contributed by atoms with Crippen molar-refractivity contribution in [1.82, 2.24) is 4.98 Å². The van der Waals surface area contributed by atoms with Crippen LogP contribution < -0.4 is 10.4 Å². The zero-order chi connectivity index (χ0) is 16.4. The van der Waals surface area contributed by atoms with Crippen molar-refractivity contribution in [1.29, 1.82) is 0 Å². The van der Waals surface area contributed by atoms with Gasteiger partial charge >= 0.3 is 0 Å². The van der Waals surface area contributed by atoms with Crippen LogP contribution in [0.3, 0.4) is 0 Å². The highest BCUT2D eigenvalue weighted by Crippen LogP contribution is 2.28. The molecule has 0 saturated carbocycles. The summed E-state index contributed by atoms with van der Waals surface area (Å²) in [5.74, 6) is -1.48. The van der Waals surface area contributed by atoms with E-state index in [1.807, 2.05) is 5.38 Å². The van der Waals surface area contributed by atoms with E-state index in [1.54, 1.807) is 31.2 Å². The van der Waals surface area contributed by atoms with Gasteiger partial charge in [0.2, 0.25) is 0 Å². The number of carbonyl (C=O) groups is 1. The van der Waals surface area contributed by atoms with E-state index in [9.17, 15) is 14.3 Å². The van der Waals surface area contributed by atoms with Crippen molar-refractivity contribution in [3.8, 4) is 11.3 Å². The summed E-state index contributed by atoms with van der Waals surface area (Å²) in [5.41, 5.74) is 2.84. The lowest BCUT2D eigenvalue weighted by Gasteiger charge is -2.06. The van der Waals surface area contributed by atoms with Crippen LogP contribution in [-0.2, 0) is 0 Å². The van der Waals surface area contributed by atoms with Gasteiger partial charge in [-0.3, -0.25) is 0 Å². The van der Waals surface area contributed by atoms with E-state index in [0.29, 0.717) is 16.4 Å². The van der Waals surface area contributed by atoms with Crippen molar-refractivity contribution in [2.24, 2.45) is 0 Å². The number of nitrogens with one attached hydrogen (secondary N) is 1. The number of benzene rings is 2. The number of hydrogen-bond donors (Lipinski definition) is 1. The molecule has 3 rings (SSSR count). The number of anilines is 2. The number of hydrogen-bond acceptors (Lipinski definition) is 5. The maximum Gasteiger partial charge on any atom is 0.187 e. The summed E-state index contributed by atoms with van der Waals surface area (Å²) < 4.78 is 13.3. The number of halogens is 1. The first-order valence-corrected chi connectivity index (χ1v) is 7.71. The molecule has 0 radical (unpaired) electrons. The molecule has 1 N–H and O–H groups in total. The van der Waals surface area contributed by atoms with Gasteiger partial charge in [0.05, 0.1) is 11.7 Å². The first kappa shape index (κ1) is 15.2. The number of thiazole rings is 1. The van der Waals surface area contributed by atoms with E-state index in [4.69, 9.17) is 0 Å². The lowest BCUT2D eigenvalue weighted by molar-refractivity contribution is -0.255. The van der Waals surface area contributed by atoms with Gasteiger partial charge in [-0.15, -0.1) is 11.3 Å². The Hall–Kier alpha value is -2.73. The third-order valence-electron chi connectivity index (χ3n) is 3.31. The number of carbonyl (C=O) groups excluding carboxylic acids is 1. The van der Waals surface area contributed by atoms with Gasteiger partial charge in [0.1, 0.15) is 5.82 Å². The fraction of sp³-hybridized carbons (Fsp3) is 0.0588. The Kier molecular flexibility index (Phi) is 4.08. The smallest absolute Gasteiger partial charge is 0.187 e. The van der Waals surface area contributed by atoms with Gasteiger partial charge in [-0.2, -0.15) is 0 Å². The second-order valence-electron chi connectivity index (χ2n) is 5.00. The van der Waals surface area contributed by atoms with Crippen molar-refractivity contribution in [3.63, 3.8) is 0 Å². The predicted molar refractivity (Wildman–Crippen MR) is 86.3 cm³/mol. The first-order valence-electron chi connectivity index (χ1n) is 6.83. The van der Waals surface area contributed by atoms with E-state index in [0.717, 1.165) is 11.3 Å². The van der Waals surface area contributed by atoms with Crippen molar-refractivity contribution < 1.29 is 14.3 Å². The van der Waals surface area contributed by atoms with E-state index in [2.05, 4.69) is 10.3 Å². The number of carboxylic acids is 1. The van der Waals surface area contributed by atoms with Crippen LogP contribution in [0.2, 0.25) is 0 Å². The predicted octanol–water partition coefficient (Wildman–Crippen LogP) is 3.36. The highest BCUT2D eigenvalue weighted by molar-refractivity contribution is 7.14. The number of aryl methyl sites for hydroxylation is 1. The molecule has 1 aromatic heterocycles. The minimum atomic E-state index is -1.23. The average Bonchev–Trinajstić information content (AvgIpc) is 2.99. The van der Waals surface area contributed by atoms with Crippen molar-refractivity contribution >= 4 is 28.1 Å². The van der Waals surface area contributed by atoms with Crippen LogP contribution in [-0.4, -0.2) is 11.0 Å². The summed E-state index contributed by atoms with van der Waals surface area (Å²) >= 11 is 1.38. The largest absolute Gasteiger partial charge is 0.545 e. The van der Waals surface area contributed by atoms with Crippen LogP contribution >= 0.6 is 11.3 Å². The summed E-state index contributed by atoms with van der Waals surface area (Å²) in [5, 5.41) is 16.4. The zero-order valence-corrected chi connectivity index (χ0v) is 13.0. The van der Waals surface area contributed by atoms with Gasteiger partial charge in [-0.25, -0.2) is 9.37 Å². The molecular formula is C17H12FN2O2S-. The second kappa shape index (κ2) is 6.18. The van der Waals surface area contributed by atoms with Gasteiger partial charge in [-0.05, 0) is 48.4 Å². The summed E-state index contributed by atoms with van der Waals surface area (Å²) in [6, 6.07) is 11.2. The van der Waals surface area contributed by atoms with Crippen molar-refractivity contribution in [2.45, 2.75) is 6.92 Å². The minimum Gasteiger partial charge on any atom is -0.545 e. The van der Waals surface area contributed by atoms with E-state index < -0.39 is 5.97 Å². The molecule has 116 valence electrons. The SMILES string of the molecule is Cc1cc(-c2csc(Nc3cccc(C(=O)[O-])c3)n2)ccc1F. The lowest BCUT2D eigenvalue weighted by atomic mass is 10.1. The summed E-state index contributed by atoms with van der Waals surface area (Å²) in [4.78, 5) is 15.3. The highest BCUT2D eigenvalue weighted by atomic mass is 32.1. The van der Waals surface area contributed by atoms with Crippen LogP contribution in [0.25, 0.3) is 11.3 Å². The third-order valence-corrected chi connectivity index (χ3v) is 4.07. The molecule has 0 saturated heterocycles. The monoisotopic (exact) mass is 327 g/mol. The number of aromatic carboxylic acids is 1. The molecule has 23 heavy (non-hydrogen) atoms. The Bertz CT molecular complexity index is 877. The molecule has 4 nitrogen and oxygen atoms in total. The van der Waals surface area contributed by atoms with E-state index in [1.165, 1.54) is 29.5 Å². The maximum absolute atomic E-state index is 13.3. The second-order valence-corrected chi connectivity index (χ2v) is 5.85. The maximum atomic E-state index is 13.3. The number of rotatable bonds is 4. The third kappa shape index (κ3) is 3.37. The van der Waals surface area contributed by atoms with Gasteiger partial charge in [0, 0.05) is 16.6 Å². The minimum absolute atomic E-state index is 0.0981. The van der Waals surface area contributed by atoms with Gasteiger partial charge in [0.25, 0.3) is 0 Å². The molecular weight excluding hydrogens is 315 g/mol. The Morgan fingerprint density at radius 2 is 2.09 bits per heavy atom. The normalized spacial score (nSPS) is 10.5. The summed E-state index contributed by atoms with van der Waals surface area (Å²) in [6.07, 6.45) is 0. The van der Waals surface area contributed by atoms with Crippen molar-refractivity contribution in [3.05, 3.63) is 64.8 Å². The molecule has 2 aromatic carbocycles. The highest BCUT2D eigenvalue weighted by Gasteiger charge is 2.07. The number of aromatic nitrogens is 1. The Labute approximate surface area is 136 Å². The standard InChI is InChI=1S/C17H13FN2O2S/c1-10-7-11(5-6-14(10)18)15-9-23-17(20-15)19-13-4-2-3-12(8-13)16(21)22/h2-9H,1H3,(H,19,20)(H,21,22)/p-1. The molecule has 0 bridgehead atoms. The summed E-state index contributed by atoms with van der Waals surface area (Å²) in [6.45, 7) is 1.70. The molecule has 1 heterocycles. The van der Waals surface area contributed by atoms with Crippen LogP contribution in [0.15, 0.2) is 47.8 Å². The molecule has 0 aliphatic heterocycles. The topological polar surface area (TPSA) is 65.0 Å².